The number of aryl methyl sites for hydroxylation is 1. The van der Waals surface area contributed by atoms with Gasteiger partial charge in [0.25, 0.3) is 5.91 Å². The number of rotatable bonds is 6. The number of phenols is 1. The van der Waals surface area contributed by atoms with Crippen molar-refractivity contribution >= 4 is 17.4 Å². The summed E-state index contributed by atoms with van der Waals surface area (Å²) in [6, 6.07) is 17.8. The summed E-state index contributed by atoms with van der Waals surface area (Å²) in [6.45, 7) is 0. The molecule has 34 heavy (non-hydrogen) atoms. The number of aliphatic hydroxyl groups excluding tert-OH is 1. The van der Waals surface area contributed by atoms with Gasteiger partial charge in [-0.2, -0.15) is 13.2 Å². The summed E-state index contributed by atoms with van der Waals surface area (Å²) in [6.07, 6.45) is -4.18. The Morgan fingerprint density at radius 2 is 1.59 bits per heavy atom. The lowest BCUT2D eigenvalue weighted by atomic mass is 9.93. The number of hydrogen-bond acceptors (Lipinski definition) is 4. The number of phenolic OH excluding ortho intramolecular Hbond substituents is 1. The predicted molar refractivity (Wildman–Crippen MR) is 119 cm³/mol. The maximum absolute atomic E-state index is 13.2. The van der Waals surface area contributed by atoms with Crippen LogP contribution >= 0.6 is 0 Å². The molecule has 3 aromatic rings. The number of ketones is 1. The van der Waals surface area contributed by atoms with E-state index >= 15 is 0 Å². The van der Waals surface area contributed by atoms with Gasteiger partial charge in [0, 0.05) is 12.1 Å². The average molecular weight is 467 g/mol. The second-order valence-electron chi connectivity index (χ2n) is 7.89. The highest BCUT2D eigenvalue weighted by atomic mass is 19.4. The molecule has 1 atom stereocenters. The Morgan fingerprint density at radius 1 is 0.912 bits per heavy atom. The monoisotopic (exact) mass is 467 g/mol. The van der Waals surface area contributed by atoms with Gasteiger partial charge in [0.2, 0.25) is 0 Å². The lowest BCUT2D eigenvalue weighted by molar-refractivity contribution is -0.137. The zero-order valence-electron chi connectivity index (χ0n) is 17.8. The molecule has 1 heterocycles. The molecule has 1 aliphatic rings. The standard InChI is InChI=1S/C26H20F3NO4/c27-26(28,29)18-10-12-19(13-11-18)30-23(17-7-4-8-20(31)15-17)22(24(33)25(30)34)21(32)14-9-16-5-2-1-3-6-16/h1-8,10-13,15,23,31,33H,9,14H2. The van der Waals surface area contributed by atoms with Crippen molar-refractivity contribution in [1.29, 1.82) is 0 Å². The number of alkyl halides is 3. The topological polar surface area (TPSA) is 77.8 Å². The summed E-state index contributed by atoms with van der Waals surface area (Å²) in [5.41, 5.74) is 0.248. The zero-order chi connectivity index (χ0) is 24.5. The highest BCUT2D eigenvalue weighted by Crippen LogP contribution is 2.42. The number of halogens is 3. The van der Waals surface area contributed by atoms with Crippen LogP contribution in [0.3, 0.4) is 0 Å². The van der Waals surface area contributed by atoms with Gasteiger partial charge in [-0.05, 0) is 53.9 Å². The molecule has 0 aliphatic carbocycles. The van der Waals surface area contributed by atoms with E-state index in [1.807, 2.05) is 30.3 Å². The van der Waals surface area contributed by atoms with E-state index in [1.165, 1.54) is 18.2 Å². The molecule has 4 rings (SSSR count). The molecule has 0 saturated carbocycles. The Morgan fingerprint density at radius 3 is 2.21 bits per heavy atom. The molecule has 0 aromatic heterocycles. The van der Waals surface area contributed by atoms with Crippen LogP contribution in [0.5, 0.6) is 5.75 Å². The number of carbonyl (C=O) groups excluding carboxylic acids is 2. The number of hydrogen-bond donors (Lipinski definition) is 2. The fourth-order valence-corrected chi connectivity index (χ4v) is 4.01. The van der Waals surface area contributed by atoms with Crippen molar-refractivity contribution in [3.63, 3.8) is 0 Å². The average Bonchev–Trinajstić information content (AvgIpc) is 3.08. The van der Waals surface area contributed by atoms with Gasteiger partial charge >= 0.3 is 6.18 Å². The first kappa shape index (κ1) is 23.1. The van der Waals surface area contributed by atoms with Gasteiger partial charge in [-0.1, -0.05) is 42.5 Å². The summed E-state index contributed by atoms with van der Waals surface area (Å²) >= 11 is 0. The summed E-state index contributed by atoms with van der Waals surface area (Å²) in [5, 5.41) is 20.6. The number of nitrogens with zero attached hydrogens (tertiary/aromatic N) is 1. The Bertz CT molecular complexity index is 1250. The third kappa shape index (κ3) is 4.52. The van der Waals surface area contributed by atoms with Crippen molar-refractivity contribution in [3.8, 4) is 5.75 Å². The van der Waals surface area contributed by atoms with Gasteiger partial charge in [0.1, 0.15) is 5.75 Å². The molecule has 5 nitrogen and oxygen atoms in total. The number of amides is 1. The zero-order valence-corrected chi connectivity index (χ0v) is 17.8. The lowest BCUT2D eigenvalue weighted by Gasteiger charge is -2.27. The minimum absolute atomic E-state index is 0.00680. The van der Waals surface area contributed by atoms with E-state index in [4.69, 9.17) is 0 Å². The number of aliphatic hydroxyl groups is 1. The number of aromatic hydroxyl groups is 1. The molecule has 0 fully saturated rings. The molecular weight excluding hydrogens is 447 g/mol. The Labute approximate surface area is 193 Å². The molecule has 0 bridgehead atoms. The summed E-state index contributed by atoms with van der Waals surface area (Å²) in [5.74, 6) is -2.26. The maximum atomic E-state index is 13.2. The van der Waals surface area contributed by atoms with Crippen LogP contribution in [0.1, 0.15) is 29.2 Å². The van der Waals surface area contributed by atoms with Gasteiger partial charge in [0.05, 0.1) is 17.2 Å². The van der Waals surface area contributed by atoms with Crippen LogP contribution in [0, 0.1) is 0 Å². The molecule has 1 aliphatic heterocycles. The SMILES string of the molecule is O=C(CCc1ccccc1)C1=C(O)C(=O)N(c2ccc(C(F)(F)F)cc2)C1c1cccc(O)c1. The molecule has 174 valence electrons. The van der Waals surface area contributed by atoms with E-state index in [0.717, 1.165) is 34.7 Å². The molecule has 0 spiro atoms. The summed E-state index contributed by atoms with van der Waals surface area (Å²) in [4.78, 5) is 27.3. The second-order valence-corrected chi connectivity index (χ2v) is 7.89. The normalized spacial score (nSPS) is 16.3. The van der Waals surface area contributed by atoms with Crippen molar-refractivity contribution in [2.75, 3.05) is 4.90 Å². The minimum atomic E-state index is -4.56. The minimum Gasteiger partial charge on any atom is -0.508 e. The van der Waals surface area contributed by atoms with E-state index in [2.05, 4.69) is 0 Å². The molecule has 1 amide bonds. The first-order chi connectivity index (χ1) is 16.2. The van der Waals surface area contributed by atoms with Crippen molar-refractivity contribution in [2.45, 2.75) is 25.1 Å². The number of Topliss-reactive ketones (excluding diaryl/α,β-unsaturated/α-hetero) is 1. The van der Waals surface area contributed by atoms with Gasteiger partial charge in [-0.25, -0.2) is 0 Å². The van der Waals surface area contributed by atoms with Crippen LogP contribution in [0.15, 0.2) is 90.2 Å². The van der Waals surface area contributed by atoms with Gasteiger partial charge in [-0.15, -0.1) is 0 Å². The van der Waals surface area contributed by atoms with Crippen molar-refractivity contribution in [3.05, 3.63) is 107 Å². The molecule has 3 aromatic carbocycles. The number of benzene rings is 3. The molecule has 2 N–H and O–H groups in total. The van der Waals surface area contributed by atoms with E-state index in [-0.39, 0.29) is 23.4 Å². The fourth-order valence-electron chi connectivity index (χ4n) is 4.01. The molecule has 0 saturated heterocycles. The summed E-state index contributed by atoms with van der Waals surface area (Å²) < 4.78 is 39.0. The second kappa shape index (κ2) is 9.05. The molecule has 8 heteroatoms. The van der Waals surface area contributed by atoms with Crippen molar-refractivity contribution < 1.29 is 33.0 Å². The maximum Gasteiger partial charge on any atom is 0.416 e. The predicted octanol–water partition coefficient (Wildman–Crippen LogP) is 5.51. The first-order valence-corrected chi connectivity index (χ1v) is 10.5. The third-order valence-corrected chi connectivity index (χ3v) is 5.65. The summed E-state index contributed by atoms with van der Waals surface area (Å²) in [7, 11) is 0. The van der Waals surface area contributed by atoms with Gasteiger partial charge in [0.15, 0.2) is 11.5 Å². The fraction of sp³-hybridized carbons (Fsp3) is 0.154. The molecule has 0 radical (unpaired) electrons. The largest absolute Gasteiger partial charge is 0.508 e. The van der Waals surface area contributed by atoms with Crippen molar-refractivity contribution in [2.24, 2.45) is 0 Å². The third-order valence-electron chi connectivity index (χ3n) is 5.65. The van der Waals surface area contributed by atoms with Crippen LogP contribution in [0.4, 0.5) is 18.9 Å². The van der Waals surface area contributed by atoms with Crippen molar-refractivity contribution in [1.82, 2.24) is 0 Å². The first-order valence-electron chi connectivity index (χ1n) is 10.5. The van der Waals surface area contributed by atoms with E-state index in [1.54, 1.807) is 6.07 Å². The van der Waals surface area contributed by atoms with Gasteiger partial charge in [-0.3, -0.25) is 14.5 Å². The van der Waals surface area contributed by atoms with Crippen LogP contribution < -0.4 is 4.90 Å². The van der Waals surface area contributed by atoms with E-state index in [0.29, 0.717) is 12.0 Å². The Balaban J connectivity index is 1.73. The number of anilines is 1. The van der Waals surface area contributed by atoms with E-state index < -0.39 is 35.2 Å². The Hall–Kier alpha value is -4.07. The Kier molecular flexibility index (Phi) is 6.15. The molecular formula is C26H20F3NO4. The van der Waals surface area contributed by atoms with Crippen LogP contribution in [0.2, 0.25) is 0 Å². The smallest absolute Gasteiger partial charge is 0.416 e. The van der Waals surface area contributed by atoms with Crippen LogP contribution in [-0.4, -0.2) is 21.9 Å². The lowest BCUT2D eigenvalue weighted by Crippen LogP contribution is -2.31. The quantitative estimate of drug-likeness (QED) is 0.501. The number of carbonyl (C=O) groups is 2. The molecule has 1 unspecified atom stereocenters. The highest BCUT2D eigenvalue weighted by Gasteiger charge is 2.44. The van der Waals surface area contributed by atoms with Gasteiger partial charge < -0.3 is 10.2 Å². The van der Waals surface area contributed by atoms with Crippen LogP contribution in [-0.2, 0) is 22.2 Å². The van der Waals surface area contributed by atoms with Crippen LogP contribution in [0.25, 0.3) is 0 Å². The van der Waals surface area contributed by atoms with E-state index in [9.17, 15) is 33.0 Å². The highest BCUT2D eigenvalue weighted by molar-refractivity contribution is 6.16.